The normalized spacial score (nSPS) is 10.2. The summed E-state index contributed by atoms with van der Waals surface area (Å²) in [6.45, 7) is 2.73. The van der Waals surface area contributed by atoms with Crippen molar-refractivity contribution in [1.82, 2.24) is 0 Å². The van der Waals surface area contributed by atoms with Crippen molar-refractivity contribution in [3.05, 3.63) is 64.0 Å². The molecule has 0 bridgehead atoms. The molecule has 0 aromatic heterocycles. The number of halogens is 1. The van der Waals surface area contributed by atoms with E-state index in [1.54, 1.807) is 18.2 Å². The second-order valence-electron chi connectivity index (χ2n) is 4.37. The molecule has 2 aromatic rings. The molecule has 0 aliphatic heterocycles. The van der Waals surface area contributed by atoms with Crippen LogP contribution < -0.4 is 10.1 Å². The summed E-state index contributed by atoms with van der Waals surface area (Å²) in [6, 6.07) is 10.3. The van der Waals surface area contributed by atoms with Gasteiger partial charge in [0, 0.05) is 36.0 Å². The van der Waals surface area contributed by atoms with Gasteiger partial charge in [-0.15, -0.1) is 0 Å². The molecular weight excluding hydrogens is 275 g/mol. The first-order valence-corrected chi connectivity index (χ1v) is 6.49. The fraction of sp³-hybridized carbons (Fsp3) is 0.200. The Morgan fingerprint density at radius 2 is 2.10 bits per heavy atom. The van der Waals surface area contributed by atoms with E-state index in [2.05, 4.69) is 5.32 Å². The summed E-state index contributed by atoms with van der Waals surface area (Å²) in [7, 11) is 0. The van der Waals surface area contributed by atoms with Gasteiger partial charge in [0.1, 0.15) is 18.2 Å². The maximum absolute atomic E-state index is 13.1. The van der Waals surface area contributed by atoms with Crippen molar-refractivity contribution in [2.45, 2.75) is 13.5 Å². The molecule has 0 spiro atoms. The number of nitrogens with one attached hydrogen (secondary N) is 1. The van der Waals surface area contributed by atoms with Crippen molar-refractivity contribution >= 4 is 11.4 Å². The van der Waals surface area contributed by atoms with Gasteiger partial charge in [-0.05, 0) is 25.1 Å². The highest BCUT2D eigenvalue weighted by Gasteiger charge is 2.11. The minimum absolute atomic E-state index is 0.00510. The van der Waals surface area contributed by atoms with Gasteiger partial charge in [-0.2, -0.15) is 0 Å². The fourth-order valence-electron chi connectivity index (χ4n) is 1.89. The molecule has 2 aromatic carbocycles. The van der Waals surface area contributed by atoms with E-state index >= 15 is 0 Å². The Kier molecular flexibility index (Phi) is 4.71. The third kappa shape index (κ3) is 3.92. The SMILES string of the molecule is CCNc1ccc([N+](=O)[O-])cc1COc1cccc(F)c1. The standard InChI is InChI=1S/C15H15FN2O3/c1-2-17-15-7-6-13(18(19)20)8-11(15)10-21-14-5-3-4-12(16)9-14/h3-9,17H,2,10H2,1H3. The van der Waals surface area contributed by atoms with E-state index in [-0.39, 0.29) is 12.3 Å². The summed E-state index contributed by atoms with van der Waals surface area (Å²) in [5, 5.41) is 13.9. The molecule has 0 heterocycles. The van der Waals surface area contributed by atoms with Crippen LogP contribution >= 0.6 is 0 Å². The lowest BCUT2D eigenvalue weighted by Crippen LogP contribution is -2.05. The zero-order valence-electron chi connectivity index (χ0n) is 11.5. The molecule has 1 N–H and O–H groups in total. The summed E-state index contributed by atoms with van der Waals surface area (Å²) < 4.78 is 18.6. The molecule has 0 aliphatic carbocycles. The summed E-state index contributed by atoms with van der Waals surface area (Å²) in [6.07, 6.45) is 0. The van der Waals surface area contributed by atoms with Crippen LogP contribution in [0.2, 0.25) is 0 Å². The Morgan fingerprint density at radius 3 is 2.76 bits per heavy atom. The van der Waals surface area contributed by atoms with Gasteiger partial charge in [0.15, 0.2) is 0 Å². The maximum Gasteiger partial charge on any atom is 0.269 e. The van der Waals surface area contributed by atoms with Gasteiger partial charge in [0.25, 0.3) is 5.69 Å². The van der Waals surface area contributed by atoms with Gasteiger partial charge < -0.3 is 10.1 Å². The number of nitro benzene ring substituents is 1. The third-order valence-electron chi connectivity index (χ3n) is 2.86. The number of non-ortho nitro benzene ring substituents is 1. The van der Waals surface area contributed by atoms with E-state index in [0.29, 0.717) is 17.9 Å². The van der Waals surface area contributed by atoms with Gasteiger partial charge in [0.05, 0.1) is 4.92 Å². The highest BCUT2D eigenvalue weighted by atomic mass is 19.1. The molecule has 0 fully saturated rings. The first-order chi connectivity index (χ1) is 10.1. The highest BCUT2D eigenvalue weighted by Crippen LogP contribution is 2.24. The van der Waals surface area contributed by atoms with E-state index in [9.17, 15) is 14.5 Å². The van der Waals surface area contributed by atoms with Crippen molar-refractivity contribution in [2.24, 2.45) is 0 Å². The number of nitrogens with zero attached hydrogens (tertiary/aromatic N) is 1. The zero-order valence-corrected chi connectivity index (χ0v) is 11.5. The molecule has 0 atom stereocenters. The fourth-order valence-corrected chi connectivity index (χ4v) is 1.89. The van der Waals surface area contributed by atoms with Crippen molar-refractivity contribution in [3.63, 3.8) is 0 Å². The number of hydrogen-bond donors (Lipinski definition) is 1. The molecule has 0 aliphatic rings. The lowest BCUT2D eigenvalue weighted by molar-refractivity contribution is -0.384. The number of benzene rings is 2. The molecule has 5 nitrogen and oxygen atoms in total. The second kappa shape index (κ2) is 6.69. The smallest absolute Gasteiger partial charge is 0.269 e. The number of hydrogen-bond acceptors (Lipinski definition) is 4. The first-order valence-electron chi connectivity index (χ1n) is 6.49. The molecule has 0 radical (unpaired) electrons. The van der Waals surface area contributed by atoms with Crippen LogP contribution in [0.1, 0.15) is 12.5 Å². The maximum atomic E-state index is 13.1. The number of anilines is 1. The number of ether oxygens (including phenoxy) is 1. The summed E-state index contributed by atoms with van der Waals surface area (Å²) in [4.78, 5) is 10.4. The lowest BCUT2D eigenvalue weighted by atomic mass is 10.1. The van der Waals surface area contributed by atoms with Crippen molar-refractivity contribution in [2.75, 3.05) is 11.9 Å². The van der Waals surface area contributed by atoms with Gasteiger partial charge in [-0.3, -0.25) is 10.1 Å². The van der Waals surface area contributed by atoms with Crippen molar-refractivity contribution < 1.29 is 14.1 Å². The summed E-state index contributed by atoms with van der Waals surface area (Å²) in [5.41, 5.74) is 1.41. The Labute approximate surface area is 121 Å². The van der Waals surface area contributed by atoms with Crippen LogP contribution in [-0.4, -0.2) is 11.5 Å². The van der Waals surface area contributed by atoms with Crippen LogP contribution in [0.15, 0.2) is 42.5 Å². The van der Waals surface area contributed by atoms with Gasteiger partial charge in [-0.25, -0.2) is 4.39 Å². The van der Waals surface area contributed by atoms with E-state index in [1.807, 2.05) is 6.92 Å². The average Bonchev–Trinajstić information content (AvgIpc) is 2.46. The Hall–Kier alpha value is -2.63. The molecule has 0 amide bonds. The molecule has 6 heteroatoms. The van der Waals surface area contributed by atoms with Crippen LogP contribution in [0.5, 0.6) is 5.75 Å². The zero-order chi connectivity index (χ0) is 15.2. The quantitative estimate of drug-likeness (QED) is 0.650. The van der Waals surface area contributed by atoms with Crippen LogP contribution in [0.4, 0.5) is 15.8 Å². The predicted octanol–water partition coefficient (Wildman–Crippen LogP) is 3.74. The molecule has 21 heavy (non-hydrogen) atoms. The molecule has 2 rings (SSSR count). The Balaban J connectivity index is 2.20. The Bertz CT molecular complexity index is 647. The first kappa shape index (κ1) is 14.8. The number of nitro groups is 1. The van der Waals surface area contributed by atoms with E-state index in [1.165, 1.54) is 24.3 Å². The Morgan fingerprint density at radius 1 is 1.29 bits per heavy atom. The number of rotatable bonds is 6. The van der Waals surface area contributed by atoms with E-state index in [4.69, 9.17) is 4.74 Å². The van der Waals surface area contributed by atoms with Gasteiger partial charge in [0.2, 0.25) is 0 Å². The third-order valence-corrected chi connectivity index (χ3v) is 2.86. The monoisotopic (exact) mass is 290 g/mol. The highest BCUT2D eigenvalue weighted by molar-refractivity contribution is 5.56. The molecule has 0 saturated carbocycles. The summed E-state index contributed by atoms with van der Waals surface area (Å²) >= 11 is 0. The van der Waals surface area contributed by atoms with Gasteiger partial charge >= 0.3 is 0 Å². The van der Waals surface area contributed by atoms with Crippen LogP contribution in [0.25, 0.3) is 0 Å². The lowest BCUT2D eigenvalue weighted by Gasteiger charge is -2.12. The predicted molar refractivity (Wildman–Crippen MR) is 78.0 cm³/mol. The molecule has 0 saturated heterocycles. The second-order valence-corrected chi connectivity index (χ2v) is 4.37. The van der Waals surface area contributed by atoms with Gasteiger partial charge in [-0.1, -0.05) is 6.07 Å². The molecule has 0 unspecified atom stereocenters. The van der Waals surface area contributed by atoms with Crippen LogP contribution in [0, 0.1) is 15.9 Å². The van der Waals surface area contributed by atoms with Crippen molar-refractivity contribution in [1.29, 1.82) is 0 Å². The van der Waals surface area contributed by atoms with E-state index in [0.717, 1.165) is 5.69 Å². The van der Waals surface area contributed by atoms with Crippen molar-refractivity contribution in [3.8, 4) is 5.75 Å². The molecular formula is C15H15FN2O3. The van der Waals surface area contributed by atoms with Crippen LogP contribution in [0.3, 0.4) is 0 Å². The average molecular weight is 290 g/mol. The summed E-state index contributed by atoms with van der Waals surface area (Å²) in [5.74, 6) is -0.0117. The minimum Gasteiger partial charge on any atom is -0.489 e. The van der Waals surface area contributed by atoms with E-state index < -0.39 is 10.7 Å². The van der Waals surface area contributed by atoms with Crippen LogP contribution in [-0.2, 0) is 6.61 Å². The minimum atomic E-state index is -0.457. The topological polar surface area (TPSA) is 64.4 Å². The molecule has 110 valence electrons. The largest absolute Gasteiger partial charge is 0.489 e.